The fraction of sp³-hybridized carbons (Fsp3) is 0.438. The molecule has 1 N–H and O–H groups in total. The Morgan fingerprint density at radius 1 is 1.16 bits per heavy atom. The van der Waals surface area contributed by atoms with Gasteiger partial charge in [0.1, 0.15) is 0 Å². The number of nitrogens with zero attached hydrogens (tertiary/aromatic N) is 2. The molecular formula is C16H23N3. The number of aryl methyl sites for hydroxylation is 2. The van der Waals surface area contributed by atoms with Crippen molar-refractivity contribution in [3.05, 3.63) is 48.5 Å². The number of hydrogen-bond acceptors (Lipinski definition) is 2. The summed E-state index contributed by atoms with van der Waals surface area (Å²) in [6.07, 6.45) is 10.5. The first-order chi connectivity index (χ1) is 9.38. The first kappa shape index (κ1) is 13.7. The summed E-state index contributed by atoms with van der Waals surface area (Å²) in [6, 6.07) is 8.83. The van der Waals surface area contributed by atoms with Crippen LogP contribution < -0.4 is 5.32 Å². The Bertz CT molecular complexity index is 445. The minimum atomic E-state index is 0.993. The zero-order chi connectivity index (χ0) is 13.3. The minimum absolute atomic E-state index is 0.993. The second-order valence-corrected chi connectivity index (χ2v) is 4.88. The molecule has 19 heavy (non-hydrogen) atoms. The quantitative estimate of drug-likeness (QED) is 0.730. The van der Waals surface area contributed by atoms with Crippen LogP contribution in [0.1, 0.15) is 31.7 Å². The lowest BCUT2D eigenvalue weighted by atomic mass is 10.1. The van der Waals surface area contributed by atoms with E-state index >= 15 is 0 Å². The van der Waals surface area contributed by atoms with Crippen LogP contribution in [-0.4, -0.2) is 16.1 Å². The Hall–Kier alpha value is -1.77. The third-order valence-corrected chi connectivity index (χ3v) is 3.25. The lowest BCUT2D eigenvalue weighted by Crippen LogP contribution is -2.05. The average molecular weight is 257 g/mol. The van der Waals surface area contributed by atoms with E-state index in [1.165, 1.54) is 30.5 Å². The third kappa shape index (κ3) is 4.78. The summed E-state index contributed by atoms with van der Waals surface area (Å²) in [6.45, 7) is 4.24. The lowest BCUT2D eigenvalue weighted by molar-refractivity contribution is 0.661. The smallest absolute Gasteiger partial charge is 0.0945 e. The van der Waals surface area contributed by atoms with Crippen molar-refractivity contribution in [3.63, 3.8) is 0 Å². The fourth-order valence-corrected chi connectivity index (χ4v) is 2.08. The molecule has 0 atom stereocenters. The van der Waals surface area contributed by atoms with Crippen LogP contribution in [0.15, 0.2) is 43.0 Å². The van der Waals surface area contributed by atoms with Gasteiger partial charge in [-0.2, -0.15) is 0 Å². The van der Waals surface area contributed by atoms with Crippen molar-refractivity contribution < 1.29 is 0 Å². The van der Waals surface area contributed by atoms with Crippen LogP contribution in [0.25, 0.3) is 0 Å². The first-order valence-corrected chi connectivity index (χ1v) is 7.17. The molecule has 0 aliphatic rings. The number of aromatic nitrogens is 2. The summed E-state index contributed by atoms with van der Waals surface area (Å²) in [7, 11) is 0. The molecule has 1 aromatic heterocycles. The third-order valence-electron chi connectivity index (χ3n) is 3.25. The Labute approximate surface area is 115 Å². The first-order valence-electron chi connectivity index (χ1n) is 7.17. The molecule has 1 aromatic carbocycles. The highest BCUT2D eigenvalue weighted by Gasteiger charge is 1.95. The van der Waals surface area contributed by atoms with Gasteiger partial charge in [0.25, 0.3) is 0 Å². The van der Waals surface area contributed by atoms with Gasteiger partial charge in [-0.05, 0) is 37.0 Å². The predicted octanol–water partition coefficient (Wildman–Crippen LogP) is 3.73. The molecule has 0 amide bonds. The van der Waals surface area contributed by atoms with Gasteiger partial charge in [0.05, 0.1) is 6.33 Å². The molecule has 0 unspecified atom stereocenters. The summed E-state index contributed by atoms with van der Waals surface area (Å²) in [5, 5.41) is 3.46. The lowest BCUT2D eigenvalue weighted by Gasteiger charge is -2.08. The number of nitrogens with one attached hydrogen (secondary N) is 1. The molecule has 102 valence electrons. The molecule has 0 saturated carbocycles. The van der Waals surface area contributed by atoms with Gasteiger partial charge in [0.15, 0.2) is 0 Å². The molecule has 2 aromatic rings. The van der Waals surface area contributed by atoms with E-state index in [-0.39, 0.29) is 0 Å². The summed E-state index contributed by atoms with van der Waals surface area (Å²) < 4.78 is 2.11. The topological polar surface area (TPSA) is 29.9 Å². The summed E-state index contributed by atoms with van der Waals surface area (Å²) in [4.78, 5) is 4.04. The van der Waals surface area contributed by atoms with Gasteiger partial charge in [0.2, 0.25) is 0 Å². The van der Waals surface area contributed by atoms with Crippen LogP contribution in [0.4, 0.5) is 5.69 Å². The fourth-order valence-electron chi connectivity index (χ4n) is 2.08. The van der Waals surface area contributed by atoms with Gasteiger partial charge >= 0.3 is 0 Å². The van der Waals surface area contributed by atoms with Gasteiger partial charge in [-0.15, -0.1) is 0 Å². The standard InChI is InChI=1S/C16H23N3/c1-2-3-5-15-6-8-16(9-7-15)18-10-4-12-19-13-11-17-14-19/h6-9,11,13-14,18H,2-5,10,12H2,1H3. The van der Waals surface area contributed by atoms with E-state index in [0.29, 0.717) is 0 Å². The molecular weight excluding hydrogens is 234 g/mol. The molecule has 3 heteroatoms. The van der Waals surface area contributed by atoms with Crippen molar-refractivity contribution in [3.8, 4) is 0 Å². The van der Waals surface area contributed by atoms with E-state index in [2.05, 4.69) is 46.1 Å². The van der Waals surface area contributed by atoms with Crippen LogP contribution in [-0.2, 0) is 13.0 Å². The maximum atomic E-state index is 4.04. The van der Waals surface area contributed by atoms with Crippen molar-refractivity contribution in [2.24, 2.45) is 0 Å². The molecule has 0 spiro atoms. The molecule has 2 rings (SSSR count). The van der Waals surface area contributed by atoms with E-state index in [1.807, 2.05) is 18.7 Å². The van der Waals surface area contributed by atoms with Crippen LogP contribution >= 0.6 is 0 Å². The highest BCUT2D eigenvalue weighted by Crippen LogP contribution is 2.11. The van der Waals surface area contributed by atoms with Crippen molar-refractivity contribution in [1.82, 2.24) is 9.55 Å². The Morgan fingerprint density at radius 3 is 2.68 bits per heavy atom. The van der Waals surface area contributed by atoms with E-state index in [1.54, 1.807) is 0 Å². The molecule has 0 saturated heterocycles. The largest absolute Gasteiger partial charge is 0.385 e. The average Bonchev–Trinajstić information content (AvgIpc) is 2.96. The molecule has 3 nitrogen and oxygen atoms in total. The summed E-state index contributed by atoms with van der Waals surface area (Å²) in [5.74, 6) is 0. The molecule has 0 aliphatic heterocycles. The van der Waals surface area contributed by atoms with Crippen LogP contribution in [0.2, 0.25) is 0 Å². The number of unbranched alkanes of at least 4 members (excludes halogenated alkanes) is 1. The highest BCUT2D eigenvalue weighted by atomic mass is 15.0. The molecule has 1 heterocycles. The summed E-state index contributed by atoms with van der Waals surface area (Å²) in [5.41, 5.74) is 2.65. The van der Waals surface area contributed by atoms with Crippen molar-refractivity contribution in [2.45, 2.75) is 39.2 Å². The maximum Gasteiger partial charge on any atom is 0.0945 e. The Morgan fingerprint density at radius 2 is 2.00 bits per heavy atom. The highest BCUT2D eigenvalue weighted by molar-refractivity contribution is 5.44. The van der Waals surface area contributed by atoms with Crippen molar-refractivity contribution >= 4 is 5.69 Å². The van der Waals surface area contributed by atoms with Gasteiger partial charge in [-0.3, -0.25) is 0 Å². The molecule has 0 fully saturated rings. The van der Waals surface area contributed by atoms with E-state index in [4.69, 9.17) is 0 Å². The second-order valence-electron chi connectivity index (χ2n) is 4.88. The van der Waals surface area contributed by atoms with Gasteiger partial charge < -0.3 is 9.88 Å². The SMILES string of the molecule is CCCCc1ccc(NCCCn2ccnc2)cc1. The Kier molecular flexibility index (Phi) is 5.48. The zero-order valence-electron chi connectivity index (χ0n) is 11.7. The van der Waals surface area contributed by atoms with E-state index < -0.39 is 0 Å². The maximum absolute atomic E-state index is 4.04. The molecule has 0 radical (unpaired) electrons. The molecule has 0 bridgehead atoms. The van der Waals surface area contributed by atoms with Gasteiger partial charge in [-0.1, -0.05) is 25.5 Å². The number of imidazole rings is 1. The zero-order valence-corrected chi connectivity index (χ0v) is 11.7. The minimum Gasteiger partial charge on any atom is -0.385 e. The number of benzene rings is 1. The van der Waals surface area contributed by atoms with E-state index in [9.17, 15) is 0 Å². The summed E-state index contributed by atoms with van der Waals surface area (Å²) >= 11 is 0. The predicted molar refractivity (Wildman–Crippen MR) is 80.4 cm³/mol. The van der Waals surface area contributed by atoms with Gasteiger partial charge in [0, 0.05) is 31.2 Å². The van der Waals surface area contributed by atoms with Crippen molar-refractivity contribution in [2.75, 3.05) is 11.9 Å². The Balaban J connectivity index is 1.68. The number of anilines is 1. The second kappa shape index (κ2) is 7.62. The number of rotatable bonds is 8. The van der Waals surface area contributed by atoms with E-state index in [0.717, 1.165) is 19.5 Å². The molecule has 0 aliphatic carbocycles. The van der Waals surface area contributed by atoms with Crippen LogP contribution in [0, 0.1) is 0 Å². The van der Waals surface area contributed by atoms with Gasteiger partial charge in [-0.25, -0.2) is 4.98 Å². The number of hydrogen-bond donors (Lipinski definition) is 1. The van der Waals surface area contributed by atoms with Crippen LogP contribution in [0.3, 0.4) is 0 Å². The normalized spacial score (nSPS) is 10.6. The van der Waals surface area contributed by atoms with Crippen LogP contribution in [0.5, 0.6) is 0 Å². The monoisotopic (exact) mass is 257 g/mol. The van der Waals surface area contributed by atoms with Crippen molar-refractivity contribution in [1.29, 1.82) is 0 Å².